The van der Waals surface area contributed by atoms with Crippen molar-refractivity contribution < 1.29 is 0 Å². The van der Waals surface area contributed by atoms with Crippen molar-refractivity contribution in [3.8, 4) is 0 Å². The molecule has 0 saturated carbocycles. The lowest BCUT2D eigenvalue weighted by Crippen LogP contribution is -2.50. The first-order valence-corrected chi connectivity index (χ1v) is 6.72. The Morgan fingerprint density at radius 3 is 3.12 bits per heavy atom. The van der Waals surface area contributed by atoms with Gasteiger partial charge >= 0.3 is 0 Å². The zero-order chi connectivity index (χ0) is 11.7. The van der Waals surface area contributed by atoms with Crippen LogP contribution in [0.1, 0.15) is 31.4 Å². The van der Waals surface area contributed by atoms with Gasteiger partial charge in [0.05, 0.1) is 0 Å². The maximum Gasteiger partial charge on any atom is 0.0336 e. The minimum absolute atomic E-state index is 0.506. The molecule has 17 heavy (non-hydrogen) atoms. The molecule has 1 aromatic rings. The van der Waals surface area contributed by atoms with Gasteiger partial charge in [0.15, 0.2) is 0 Å². The number of piperazine rings is 1. The quantitative estimate of drug-likeness (QED) is 0.775. The zero-order valence-electron chi connectivity index (χ0n) is 10.5. The number of nitrogens with zero attached hydrogens (tertiary/aromatic N) is 3. The maximum atomic E-state index is 4.23. The van der Waals surface area contributed by atoms with Crippen LogP contribution in [0.5, 0.6) is 0 Å². The summed E-state index contributed by atoms with van der Waals surface area (Å²) >= 11 is 0. The lowest BCUT2D eigenvalue weighted by molar-refractivity contribution is 0.0769. The van der Waals surface area contributed by atoms with Crippen LogP contribution in [-0.4, -0.2) is 47.0 Å². The molecular formula is C14H21N3. The number of hydrogen-bond acceptors (Lipinski definition) is 3. The third kappa shape index (κ3) is 2.22. The van der Waals surface area contributed by atoms with E-state index in [0.29, 0.717) is 6.04 Å². The number of rotatable bonds is 2. The first-order chi connectivity index (χ1) is 8.34. The summed E-state index contributed by atoms with van der Waals surface area (Å²) in [6.45, 7) is 7.30. The van der Waals surface area contributed by atoms with Gasteiger partial charge < -0.3 is 0 Å². The Morgan fingerprint density at radius 1 is 1.35 bits per heavy atom. The molecule has 3 nitrogen and oxygen atoms in total. The smallest absolute Gasteiger partial charge is 0.0336 e. The van der Waals surface area contributed by atoms with Gasteiger partial charge in [-0.05, 0) is 37.9 Å². The van der Waals surface area contributed by atoms with E-state index < -0.39 is 0 Å². The van der Waals surface area contributed by atoms with E-state index in [9.17, 15) is 0 Å². The SMILES string of the molecule is CC(c1cccnc1)N1CCN2CCCC2C1. The molecule has 2 unspecified atom stereocenters. The summed E-state index contributed by atoms with van der Waals surface area (Å²) in [4.78, 5) is 9.50. The van der Waals surface area contributed by atoms with Crippen molar-refractivity contribution in [1.82, 2.24) is 14.8 Å². The van der Waals surface area contributed by atoms with Crippen LogP contribution in [0.3, 0.4) is 0 Å². The van der Waals surface area contributed by atoms with Gasteiger partial charge in [0.1, 0.15) is 0 Å². The Bertz CT molecular complexity index is 365. The standard InChI is InChI=1S/C14H21N3/c1-12(13-4-2-6-15-10-13)17-9-8-16-7-3-5-14(16)11-17/h2,4,6,10,12,14H,3,5,7-9,11H2,1H3. The van der Waals surface area contributed by atoms with E-state index in [1.165, 1.54) is 44.6 Å². The van der Waals surface area contributed by atoms with Crippen molar-refractivity contribution in [3.05, 3.63) is 30.1 Å². The second-order valence-corrected chi connectivity index (χ2v) is 5.29. The molecule has 2 aliphatic heterocycles. The lowest BCUT2D eigenvalue weighted by atomic mass is 10.1. The number of pyridine rings is 1. The largest absolute Gasteiger partial charge is 0.298 e. The van der Waals surface area contributed by atoms with E-state index in [0.717, 1.165) is 6.04 Å². The molecular weight excluding hydrogens is 210 g/mol. The zero-order valence-corrected chi connectivity index (χ0v) is 10.5. The van der Waals surface area contributed by atoms with E-state index >= 15 is 0 Å². The summed E-state index contributed by atoms with van der Waals surface area (Å²) in [5.41, 5.74) is 1.35. The van der Waals surface area contributed by atoms with Crippen molar-refractivity contribution in [2.45, 2.75) is 31.8 Å². The van der Waals surface area contributed by atoms with Crippen LogP contribution in [0.25, 0.3) is 0 Å². The highest BCUT2D eigenvalue weighted by atomic mass is 15.3. The molecule has 0 spiro atoms. The normalized spacial score (nSPS) is 27.9. The Labute approximate surface area is 103 Å². The van der Waals surface area contributed by atoms with Crippen molar-refractivity contribution in [1.29, 1.82) is 0 Å². The molecule has 2 saturated heterocycles. The van der Waals surface area contributed by atoms with E-state index in [4.69, 9.17) is 0 Å². The van der Waals surface area contributed by atoms with Gasteiger partial charge in [0, 0.05) is 44.1 Å². The average molecular weight is 231 g/mol. The average Bonchev–Trinajstić information content (AvgIpc) is 2.86. The summed E-state index contributed by atoms with van der Waals surface area (Å²) < 4.78 is 0. The molecule has 0 bridgehead atoms. The molecule has 0 aromatic carbocycles. The summed E-state index contributed by atoms with van der Waals surface area (Å²) in [7, 11) is 0. The topological polar surface area (TPSA) is 19.4 Å². The molecule has 0 aliphatic carbocycles. The minimum atomic E-state index is 0.506. The monoisotopic (exact) mass is 231 g/mol. The van der Waals surface area contributed by atoms with Gasteiger partial charge in [-0.25, -0.2) is 0 Å². The van der Waals surface area contributed by atoms with Crippen molar-refractivity contribution >= 4 is 0 Å². The first-order valence-electron chi connectivity index (χ1n) is 6.72. The Morgan fingerprint density at radius 2 is 2.29 bits per heavy atom. The molecule has 0 amide bonds. The van der Waals surface area contributed by atoms with Crippen molar-refractivity contribution in [2.75, 3.05) is 26.2 Å². The van der Waals surface area contributed by atoms with Crippen LogP contribution in [0.4, 0.5) is 0 Å². The van der Waals surface area contributed by atoms with E-state index in [1.807, 2.05) is 18.5 Å². The number of aromatic nitrogens is 1. The molecule has 2 fully saturated rings. The number of fused-ring (bicyclic) bond motifs is 1. The van der Waals surface area contributed by atoms with Gasteiger partial charge in [0.2, 0.25) is 0 Å². The van der Waals surface area contributed by atoms with Crippen LogP contribution in [0.15, 0.2) is 24.5 Å². The summed E-state index contributed by atoms with van der Waals surface area (Å²) in [6.07, 6.45) is 6.63. The van der Waals surface area contributed by atoms with Gasteiger partial charge in [-0.3, -0.25) is 14.8 Å². The minimum Gasteiger partial charge on any atom is -0.298 e. The maximum absolute atomic E-state index is 4.23. The fourth-order valence-electron chi connectivity index (χ4n) is 3.20. The van der Waals surface area contributed by atoms with Gasteiger partial charge in [-0.15, -0.1) is 0 Å². The van der Waals surface area contributed by atoms with Crippen LogP contribution < -0.4 is 0 Å². The van der Waals surface area contributed by atoms with Crippen molar-refractivity contribution in [2.24, 2.45) is 0 Å². The van der Waals surface area contributed by atoms with E-state index in [1.54, 1.807) is 0 Å². The van der Waals surface area contributed by atoms with Gasteiger partial charge in [0.25, 0.3) is 0 Å². The molecule has 1 aromatic heterocycles. The van der Waals surface area contributed by atoms with Crippen LogP contribution in [0, 0.1) is 0 Å². The van der Waals surface area contributed by atoms with Crippen LogP contribution >= 0.6 is 0 Å². The first kappa shape index (κ1) is 11.2. The van der Waals surface area contributed by atoms with Gasteiger partial charge in [-0.2, -0.15) is 0 Å². The highest BCUT2D eigenvalue weighted by Gasteiger charge is 2.32. The third-order valence-electron chi connectivity index (χ3n) is 4.33. The van der Waals surface area contributed by atoms with Gasteiger partial charge in [-0.1, -0.05) is 6.07 Å². The summed E-state index contributed by atoms with van der Waals surface area (Å²) in [5, 5.41) is 0. The molecule has 92 valence electrons. The Hall–Kier alpha value is -0.930. The summed E-state index contributed by atoms with van der Waals surface area (Å²) in [6, 6.07) is 5.55. The molecule has 3 rings (SSSR count). The fourth-order valence-corrected chi connectivity index (χ4v) is 3.20. The van der Waals surface area contributed by atoms with Crippen LogP contribution in [-0.2, 0) is 0 Å². The molecule has 3 heterocycles. The predicted octanol–water partition coefficient (Wildman–Crippen LogP) is 1.92. The highest BCUT2D eigenvalue weighted by Crippen LogP contribution is 2.27. The predicted molar refractivity (Wildman–Crippen MR) is 68.8 cm³/mol. The molecule has 0 radical (unpaired) electrons. The highest BCUT2D eigenvalue weighted by molar-refractivity contribution is 5.13. The van der Waals surface area contributed by atoms with E-state index in [2.05, 4.69) is 27.8 Å². The fraction of sp³-hybridized carbons (Fsp3) is 0.643. The van der Waals surface area contributed by atoms with E-state index in [-0.39, 0.29) is 0 Å². The molecule has 2 atom stereocenters. The second-order valence-electron chi connectivity index (χ2n) is 5.29. The second kappa shape index (κ2) is 4.75. The molecule has 0 N–H and O–H groups in total. The summed E-state index contributed by atoms with van der Waals surface area (Å²) in [5.74, 6) is 0. The van der Waals surface area contributed by atoms with Crippen molar-refractivity contribution in [3.63, 3.8) is 0 Å². The Kier molecular flexibility index (Phi) is 3.12. The lowest BCUT2D eigenvalue weighted by Gasteiger charge is -2.40. The Balaban J connectivity index is 1.69. The number of hydrogen-bond donors (Lipinski definition) is 0. The molecule has 3 heteroatoms. The third-order valence-corrected chi connectivity index (χ3v) is 4.33. The molecule has 2 aliphatic rings. The van der Waals surface area contributed by atoms with Crippen LogP contribution in [0.2, 0.25) is 0 Å².